The summed E-state index contributed by atoms with van der Waals surface area (Å²) in [5.74, 6) is 0.417. The molecule has 0 aliphatic carbocycles. The topological polar surface area (TPSA) is 74.4 Å². The standard InChI is InChI=1S/C20H29N5O2/c1-10-25-16(21-9)13(2)11-15(24-25)14-12-22-18(27-20(6,7)8)23-17(14)26-19(3,4)5/h10-12H,1H2,2-9H3. The third-order valence-electron chi connectivity index (χ3n) is 3.33. The second kappa shape index (κ2) is 7.50. The Hall–Kier alpha value is -2.70. The van der Waals surface area contributed by atoms with Crippen LogP contribution >= 0.6 is 0 Å². The smallest absolute Gasteiger partial charge is 0.320 e. The molecule has 2 rings (SSSR count). The van der Waals surface area contributed by atoms with Crippen LogP contribution < -0.4 is 15.0 Å². The largest absolute Gasteiger partial charge is 0.471 e. The van der Waals surface area contributed by atoms with E-state index in [-0.39, 0.29) is 6.01 Å². The summed E-state index contributed by atoms with van der Waals surface area (Å²) < 4.78 is 13.5. The van der Waals surface area contributed by atoms with Crippen LogP contribution in [0.25, 0.3) is 17.5 Å². The molecule has 0 N–H and O–H groups in total. The van der Waals surface area contributed by atoms with Gasteiger partial charge in [0.15, 0.2) is 5.49 Å². The Kier molecular flexibility index (Phi) is 5.73. The van der Waals surface area contributed by atoms with Gasteiger partial charge in [-0.1, -0.05) is 6.58 Å². The zero-order valence-electron chi connectivity index (χ0n) is 17.5. The first-order chi connectivity index (χ1) is 12.4. The molecule has 0 fully saturated rings. The van der Waals surface area contributed by atoms with Gasteiger partial charge in [-0.2, -0.15) is 10.1 Å². The maximum absolute atomic E-state index is 6.08. The number of hydrogen-bond donors (Lipinski definition) is 0. The lowest BCUT2D eigenvalue weighted by Gasteiger charge is -2.24. The van der Waals surface area contributed by atoms with Crippen LogP contribution in [0.1, 0.15) is 47.1 Å². The summed E-state index contributed by atoms with van der Waals surface area (Å²) >= 11 is 0. The molecular formula is C20H29N5O2. The van der Waals surface area contributed by atoms with Crippen molar-refractivity contribution in [3.63, 3.8) is 0 Å². The van der Waals surface area contributed by atoms with Crippen molar-refractivity contribution >= 4 is 6.20 Å². The molecule has 0 aromatic carbocycles. The highest BCUT2D eigenvalue weighted by atomic mass is 16.5. The lowest BCUT2D eigenvalue weighted by atomic mass is 10.1. The van der Waals surface area contributed by atoms with Crippen molar-refractivity contribution in [2.24, 2.45) is 4.99 Å². The fourth-order valence-electron chi connectivity index (χ4n) is 2.40. The number of nitrogens with zero attached hydrogens (tertiary/aromatic N) is 5. The Morgan fingerprint density at radius 2 is 1.74 bits per heavy atom. The fourth-order valence-corrected chi connectivity index (χ4v) is 2.40. The predicted octanol–water partition coefficient (Wildman–Crippen LogP) is 3.63. The molecule has 0 unspecified atom stereocenters. The van der Waals surface area contributed by atoms with E-state index in [1.54, 1.807) is 24.1 Å². The van der Waals surface area contributed by atoms with Gasteiger partial charge in [0, 0.05) is 19.4 Å². The van der Waals surface area contributed by atoms with E-state index in [0.29, 0.717) is 17.1 Å². The lowest BCUT2D eigenvalue weighted by Crippen LogP contribution is -2.27. The van der Waals surface area contributed by atoms with Crippen molar-refractivity contribution in [2.45, 2.75) is 59.7 Å². The molecule has 146 valence electrons. The van der Waals surface area contributed by atoms with E-state index in [1.807, 2.05) is 54.5 Å². The summed E-state index contributed by atoms with van der Waals surface area (Å²) in [5, 5.41) is 4.59. The van der Waals surface area contributed by atoms with Crippen LogP contribution in [0, 0.1) is 6.92 Å². The normalized spacial score (nSPS) is 12.8. The zero-order chi connectivity index (χ0) is 20.4. The highest BCUT2D eigenvalue weighted by molar-refractivity contribution is 5.64. The van der Waals surface area contributed by atoms with E-state index in [2.05, 4.69) is 26.6 Å². The zero-order valence-corrected chi connectivity index (χ0v) is 17.5. The Balaban J connectivity index is 2.65. The second-order valence-corrected chi connectivity index (χ2v) is 8.19. The Bertz CT molecular complexity index is 902. The summed E-state index contributed by atoms with van der Waals surface area (Å²) in [6.07, 6.45) is 3.29. The van der Waals surface area contributed by atoms with Gasteiger partial charge in [0.2, 0.25) is 5.88 Å². The van der Waals surface area contributed by atoms with Crippen molar-refractivity contribution in [1.82, 2.24) is 19.7 Å². The third-order valence-corrected chi connectivity index (χ3v) is 3.33. The van der Waals surface area contributed by atoms with E-state index in [9.17, 15) is 0 Å². The van der Waals surface area contributed by atoms with Gasteiger partial charge in [-0.3, -0.25) is 4.99 Å². The number of rotatable bonds is 4. The molecule has 2 aromatic rings. The molecule has 0 aliphatic heterocycles. The fraction of sp³-hybridized carbons (Fsp3) is 0.500. The van der Waals surface area contributed by atoms with Gasteiger partial charge < -0.3 is 9.47 Å². The van der Waals surface area contributed by atoms with Crippen LogP contribution in [-0.2, 0) is 0 Å². The molecule has 2 aromatic heterocycles. The van der Waals surface area contributed by atoms with Crippen molar-refractivity contribution in [1.29, 1.82) is 0 Å². The van der Waals surface area contributed by atoms with Crippen molar-refractivity contribution in [3.05, 3.63) is 29.9 Å². The molecule has 0 saturated carbocycles. The van der Waals surface area contributed by atoms with E-state index in [4.69, 9.17) is 9.47 Å². The molecular weight excluding hydrogens is 342 g/mol. The number of aryl methyl sites for hydroxylation is 1. The third kappa shape index (κ3) is 5.39. The van der Waals surface area contributed by atoms with Gasteiger partial charge >= 0.3 is 6.01 Å². The van der Waals surface area contributed by atoms with Crippen LogP contribution in [0.4, 0.5) is 0 Å². The summed E-state index contributed by atoms with van der Waals surface area (Å²) in [6.45, 7) is 17.5. The number of hydrogen-bond acceptors (Lipinski definition) is 6. The van der Waals surface area contributed by atoms with Crippen molar-refractivity contribution in [2.75, 3.05) is 7.05 Å². The van der Waals surface area contributed by atoms with Crippen LogP contribution in [-0.4, -0.2) is 38.0 Å². The van der Waals surface area contributed by atoms with Gasteiger partial charge in [0.05, 0.1) is 11.3 Å². The van der Waals surface area contributed by atoms with Gasteiger partial charge in [-0.05, 0) is 60.1 Å². The molecule has 0 atom stereocenters. The highest BCUT2D eigenvalue weighted by Gasteiger charge is 2.22. The Labute approximate surface area is 160 Å². The second-order valence-electron chi connectivity index (χ2n) is 8.19. The monoisotopic (exact) mass is 371 g/mol. The van der Waals surface area contributed by atoms with E-state index in [1.165, 1.54) is 0 Å². The molecule has 0 bridgehead atoms. The average molecular weight is 371 g/mol. The van der Waals surface area contributed by atoms with Crippen LogP contribution in [0.3, 0.4) is 0 Å². The minimum atomic E-state index is -0.440. The van der Waals surface area contributed by atoms with Gasteiger partial charge in [-0.15, -0.1) is 0 Å². The molecule has 0 spiro atoms. The van der Waals surface area contributed by atoms with E-state index >= 15 is 0 Å². The maximum Gasteiger partial charge on any atom is 0.320 e. The first-order valence-electron chi connectivity index (χ1n) is 8.85. The van der Waals surface area contributed by atoms with Crippen LogP contribution in [0.5, 0.6) is 11.9 Å². The Morgan fingerprint density at radius 3 is 2.26 bits per heavy atom. The first-order valence-corrected chi connectivity index (χ1v) is 8.85. The molecule has 27 heavy (non-hydrogen) atoms. The molecule has 7 nitrogen and oxygen atoms in total. The SMILES string of the molecule is C=Cn1nc(-c2cnc(OC(C)(C)C)nc2OC(C)(C)C)cc(C)c1=NC. The molecule has 0 aliphatic rings. The van der Waals surface area contributed by atoms with Gasteiger partial charge in [0.1, 0.15) is 11.2 Å². The van der Waals surface area contributed by atoms with Gasteiger partial charge in [-0.25, -0.2) is 9.67 Å². The average Bonchev–Trinajstić information content (AvgIpc) is 2.51. The molecule has 0 amide bonds. The number of ether oxygens (including phenoxy) is 2. The summed E-state index contributed by atoms with van der Waals surface area (Å²) in [5.41, 5.74) is 2.18. The summed E-state index contributed by atoms with van der Waals surface area (Å²) in [7, 11) is 1.72. The van der Waals surface area contributed by atoms with Crippen LogP contribution in [0.2, 0.25) is 0 Å². The quantitative estimate of drug-likeness (QED) is 0.820. The number of aromatic nitrogens is 4. The predicted molar refractivity (Wildman–Crippen MR) is 107 cm³/mol. The molecule has 7 heteroatoms. The molecule has 0 saturated heterocycles. The maximum atomic E-state index is 6.08. The summed E-state index contributed by atoms with van der Waals surface area (Å²) in [4.78, 5) is 13.1. The molecule has 2 heterocycles. The molecule has 0 radical (unpaired) electrons. The minimum absolute atomic E-state index is 0.263. The van der Waals surface area contributed by atoms with E-state index < -0.39 is 11.2 Å². The summed E-state index contributed by atoms with van der Waals surface area (Å²) in [6, 6.07) is 2.19. The highest BCUT2D eigenvalue weighted by Crippen LogP contribution is 2.31. The first kappa shape index (κ1) is 20.6. The van der Waals surface area contributed by atoms with Crippen LogP contribution in [0.15, 0.2) is 23.8 Å². The van der Waals surface area contributed by atoms with Crippen molar-refractivity contribution in [3.8, 4) is 23.1 Å². The van der Waals surface area contributed by atoms with Gasteiger partial charge in [0.25, 0.3) is 0 Å². The van der Waals surface area contributed by atoms with E-state index in [0.717, 1.165) is 11.1 Å². The van der Waals surface area contributed by atoms with Crippen molar-refractivity contribution < 1.29 is 9.47 Å². The lowest BCUT2D eigenvalue weighted by molar-refractivity contribution is 0.103. The Morgan fingerprint density at radius 1 is 1.11 bits per heavy atom. The minimum Gasteiger partial charge on any atom is -0.471 e.